The van der Waals surface area contributed by atoms with Crippen molar-refractivity contribution in [2.75, 3.05) is 0 Å². The molecule has 0 amide bonds. The number of hydrogen-bond acceptors (Lipinski definition) is 2. The summed E-state index contributed by atoms with van der Waals surface area (Å²) in [6, 6.07) is 22.2. The Balaban J connectivity index is 2.15. The molecule has 2 nitrogen and oxygen atoms in total. The van der Waals surface area contributed by atoms with Crippen molar-refractivity contribution in [1.82, 2.24) is 9.97 Å². The molecule has 3 heteroatoms. The highest BCUT2D eigenvalue weighted by atomic mass is 35.5. The van der Waals surface area contributed by atoms with Crippen molar-refractivity contribution in [3.05, 3.63) is 71.8 Å². The highest BCUT2D eigenvalue weighted by Crippen LogP contribution is 2.35. The molecule has 0 saturated heterocycles. The van der Waals surface area contributed by atoms with Crippen LogP contribution in [0.5, 0.6) is 0 Å². The SMILES string of the molecule is Clc1ccc2c(c1)c1ccccc1c1nc3ccccc3nc21. The van der Waals surface area contributed by atoms with E-state index in [0.717, 1.165) is 48.6 Å². The van der Waals surface area contributed by atoms with E-state index in [4.69, 9.17) is 21.6 Å². The number of rotatable bonds is 0. The van der Waals surface area contributed by atoms with Gasteiger partial charge >= 0.3 is 0 Å². The molecule has 0 aliphatic heterocycles. The zero-order valence-electron chi connectivity index (χ0n) is 12.1. The molecule has 108 valence electrons. The van der Waals surface area contributed by atoms with Crippen molar-refractivity contribution in [3.8, 4) is 0 Å². The van der Waals surface area contributed by atoms with E-state index in [9.17, 15) is 0 Å². The summed E-state index contributed by atoms with van der Waals surface area (Å²) in [5.74, 6) is 0. The Bertz CT molecular complexity index is 1230. The van der Waals surface area contributed by atoms with E-state index in [1.165, 1.54) is 0 Å². The molecule has 0 bridgehead atoms. The summed E-state index contributed by atoms with van der Waals surface area (Å²) in [7, 11) is 0. The standard InChI is InChI=1S/C20H11ClN2/c21-12-9-10-15-16(11-12)13-5-1-2-6-14(13)19-20(15)23-18-8-4-3-7-17(18)22-19/h1-11H. The molecule has 0 spiro atoms. The van der Waals surface area contributed by atoms with Crippen molar-refractivity contribution in [1.29, 1.82) is 0 Å². The summed E-state index contributed by atoms with van der Waals surface area (Å²) < 4.78 is 0. The maximum Gasteiger partial charge on any atom is 0.0979 e. The van der Waals surface area contributed by atoms with Crippen LogP contribution in [-0.4, -0.2) is 9.97 Å². The van der Waals surface area contributed by atoms with Crippen LogP contribution in [-0.2, 0) is 0 Å². The van der Waals surface area contributed by atoms with Crippen LogP contribution in [0.3, 0.4) is 0 Å². The lowest BCUT2D eigenvalue weighted by Crippen LogP contribution is -1.91. The molecule has 0 fully saturated rings. The van der Waals surface area contributed by atoms with Crippen molar-refractivity contribution in [2.45, 2.75) is 0 Å². The summed E-state index contributed by atoms with van der Waals surface area (Å²) in [6.45, 7) is 0. The maximum atomic E-state index is 6.23. The number of fused-ring (bicyclic) bond motifs is 7. The quantitative estimate of drug-likeness (QED) is 0.269. The third-order valence-corrected chi connectivity index (χ3v) is 4.51. The first kappa shape index (κ1) is 12.8. The van der Waals surface area contributed by atoms with Gasteiger partial charge in [-0.3, -0.25) is 0 Å². The molecule has 1 aromatic heterocycles. The van der Waals surface area contributed by atoms with E-state index in [-0.39, 0.29) is 0 Å². The monoisotopic (exact) mass is 314 g/mol. The molecule has 0 radical (unpaired) electrons. The Morgan fingerprint density at radius 3 is 1.83 bits per heavy atom. The average Bonchev–Trinajstić information content (AvgIpc) is 2.60. The van der Waals surface area contributed by atoms with Gasteiger partial charge in [0.2, 0.25) is 0 Å². The van der Waals surface area contributed by atoms with Gasteiger partial charge in [0.1, 0.15) is 0 Å². The second-order valence-electron chi connectivity index (χ2n) is 5.65. The Morgan fingerprint density at radius 2 is 1.13 bits per heavy atom. The summed E-state index contributed by atoms with van der Waals surface area (Å²) in [6.07, 6.45) is 0. The topological polar surface area (TPSA) is 25.8 Å². The van der Waals surface area contributed by atoms with Gasteiger partial charge in [-0.2, -0.15) is 0 Å². The van der Waals surface area contributed by atoms with Gasteiger partial charge in [-0.1, -0.05) is 54.1 Å². The number of benzene rings is 4. The minimum absolute atomic E-state index is 0.732. The van der Waals surface area contributed by atoms with Crippen LogP contribution in [0.4, 0.5) is 0 Å². The van der Waals surface area contributed by atoms with Crippen LogP contribution < -0.4 is 0 Å². The van der Waals surface area contributed by atoms with Gasteiger partial charge in [0.25, 0.3) is 0 Å². The second-order valence-corrected chi connectivity index (χ2v) is 6.08. The Labute approximate surface area is 137 Å². The zero-order chi connectivity index (χ0) is 15.4. The van der Waals surface area contributed by atoms with Crippen LogP contribution in [0.25, 0.3) is 43.6 Å². The van der Waals surface area contributed by atoms with E-state index in [1.807, 2.05) is 54.6 Å². The first-order chi connectivity index (χ1) is 11.3. The Morgan fingerprint density at radius 1 is 0.565 bits per heavy atom. The van der Waals surface area contributed by atoms with Gasteiger partial charge in [0.05, 0.1) is 22.1 Å². The van der Waals surface area contributed by atoms with Gasteiger partial charge in [-0.15, -0.1) is 0 Å². The van der Waals surface area contributed by atoms with Crippen LogP contribution in [0, 0.1) is 0 Å². The largest absolute Gasteiger partial charge is 0.244 e. The number of hydrogen-bond donors (Lipinski definition) is 0. The van der Waals surface area contributed by atoms with Crippen LogP contribution in [0.15, 0.2) is 66.7 Å². The number of nitrogens with zero attached hydrogens (tertiary/aromatic N) is 2. The minimum Gasteiger partial charge on any atom is -0.244 e. The molecular weight excluding hydrogens is 304 g/mol. The molecule has 0 aliphatic rings. The first-order valence-electron chi connectivity index (χ1n) is 7.48. The molecule has 5 rings (SSSR count). The zero-order valence-corrected chi connectivity index (χ0v) is 12.9. The summed E-state index contributed by atoms with van der Waals surface area (Å²) in [5.41, 5.74) is 3.69. The second kappa shape index (κ2) is 4.64. The molecule has 4 aromatic carbocycles. The predicted molar refractivity (Wildman–Crippen MR) is 97.1 cm³/mol. The highest BCUT2D eigenvalue weighted by Gasteiger charge is 2.12. The van der Waals surface area contributed by atoms with Crippen LogP contribution >= 0.6 is 11.6 Å². The average molecular weight is 315 g/mol. The van der Waals surface area contributed by atoms with Gasteiger partial charge in [0, 0.05) is 15.8 Å². The molecule has 0 atom stereocenters. The van der Waals surface area contributed by atoms with Gasteiger partial charge in [0.15, 0.2) is 0 Å². The molecule has 0 saturated carbocycles. The van der Waals surface area contributed by atoms with Crippen molar-refractivity contribution in [2.24, 2.45) is 0 Å². The van der Waals surface area contributed by atoms with Crippen molar-refractivity contribution >= 4 is 55.2 Å². The normalized spacial score (nSPS) is 11.7. The third-order valence-electron chi connectivity index (χ3n) is 4.28. The lowest BCUT2D eigenvalue weighted by atomic mass is 9.99. The molecule has 23 heavy (non-hydrogen) atoms. The number of halogens is 1. The van der Waals surface area contributed by atoms with Crippen molar-refractivity contribution < 1.29 is 0 Å². The minimum atomic E-state index is 0.732. The lowest BCUT2D eigenvalue weighted by molar-refractivity contribution is 1.42. The Kier molecular flexibility index (Phi) is 2.58. The maximum absolute atomic E-state index is 6.23. The predicted octanol–water partition coefficient (Wildman–Crippen LogP) is 5.74. The fraction of sp³-hybridized carbons (Fsp3) is 0. The van der Waals surface area contributed by atoms with Gasteiger partial charge < -0.3 is 0 Å². The first-order valence-corrected chi connectivity index (χ1v) is 7.85. The van der Waals surface area contributed by atoms with Crippen LogP contribution in [0.1, 0.15) is 0 Å². The lowest BCUT2D eigenvalue weighted by Gasteiger charge is -2.10. The molecule has 5 aromatic rings. The van der Waals surface area contributed by atoms with Gasteiger partial charge in [-0.25, -0.2) is 9.97 Å². The molecule has 0 N–H and O–H groups in total. The smallest absolute Gasteiger partial charge is 0.0979 e. The number of para-hydroxylation sites is 2. The summed E-state index contributed by atoms with van der Waals surface area (Å²) in [4.78, 5) is 9.76. The van der Waals surface area contributed by atoms with Crippen LogP contribution in [0.2, 0.25) is 5.02 Å². The molecule has 0 unspecified atom stereocenters. The Hall–Kier alpha value is -2.71. The van der Waals surface area contributed by atoms with E-state index in [0.29, 0.717) is 0 Å². The summed E-state index contributed by atoms with van der Waals surface area (Å²) in [5, 5.41) is 5.19. The molecular formula is C20H11ClN2. The summed E-state index contributed by atoms with van der Waals surface area (Å²) >= 11 is 6.23. The highest BCUT2D eigenvalue weighted by molar-refractivity contribution is 6.33. The number of aromatic nitrogens is 2. The molecule has 0 aliphatic carbocycles. The fourth-order valence-electron chi connectivity index (χ4n) is 3.25. The van der Waals surface area contributed by atoms with E-state index in [2.05, 4.69) is 12.1 Å². The van der Waals surface area contributed by atoms with E-state index >= 15 is 0 Å². The van der Waals surface area contributed by atoms with E-state index in [1.54, 1.807) is 0 Å². The van der Waals surface area contributed by atoms with E-state index < -0.39 is 0 Å². The van der Waals surface area contributed by atoms with Gasteiger partial charge in [-0.05, 0) is 35.0 Å². The fourth-order valence-corrected chi connectivity index (χ4v) is 3.42. The van der Waals surface area contributed by atoms with Crippen molar-refractivity contribution in [3.63, 3.8) is 0 Å². The molecule has 1 heterocycles. The third kappa shape index (κ3) is 1.82.